The van der Waals surface area contributed by atoms with Gasteiger partial charge < -0.3 is 0 Å². The smallest absolute Gasteiger partial charge is 0.268 e. The summed E-state index contributed by atoms with van der Waals surface area (Å²) in [6.45, 7) is 0. The molecule has 4 aromatic rings. The molecular weight excluding hydrogens is 501 g/mol. The summed E-state index contributed by atoms with van der Waals surface area (Å²) in [5, 5.41) is 4.18. The molecule has 0 radical (unpaired) electrons. The number of carbonyl (C=O) groups is 2. The van der Waals surface area contributed by atoms with Gasteiger partial charge in [-0.1, -0.05) is 109 Å². The van der Waals surface area contributed by atoms with Crippen molar-refractivity contribution in [2.75, 3.05) is 9.80 Å². The molecule has 0 unspecified atom stereocenters. The summed E-state index contributed by atoms with van der Waals surface area (Å²) in [5.41, 5.74) is 1.36. The summed E-state index contributed by atoms with van der Waals surface area (Å²) in [6.07, 6.45) is 0. The zero-order valence-corrected chi connectivity index (χ0v) is 20.7. The average molecular weight is 515 g/mol. The van der Waals surface area contributed by atoms with Crippen molar-refractivity contribution < 1.29 is 9.59 Å². The largest absolute Gasteiger partial charge is 0.272 e. The van der Waals surface area contributed by atoms with E-state index in [-0.39, 0.29) is 11.8 Å². The highest BCUT2D eigenvalue weighted by molar-refractivity contribution is 8.30. The molecule has 6 rings (SSSR count). The van der Waals surface area contributed by atoms with Crippen LogP contribution in [0, 0.1) is 0 Å². The molecule has 164 valence electrons. The minimum absolute atomic E-state index is 0.302. The van der Waals surface area contributed by atoms with E-state index in [2.05, 4.69) is 0 Å². The number of fused-ring (bicyclic) bond motifs is 2. The number of thioether (sulfide) groups is 2. The van der Waals surface area contributed by atoms with Crippen LogP contribution in [0.15, 0.2) is 94.7 Å². The van der Waals surface area contributed by atoms with E-state index in [1.807, 2.05) is 84.9 Å². The summed E-state index contributed by atoms with van der Waals surface area (Å²) in [5.74, 6) is -0.603. The van der Waals surface area contributed by atoms with E-state index in [1.54, 1.807) is 0 Å². The van der Waals surface area contributed by atoms with Crippen LogP contribution in [0.2, 0.25) is 0 Å². The van der Waals surface area contributed by atoms with Gasteiger partial charge in [0.1, 0.15) is 0 Å². The Morgan fingerprint density at radius 2 is 0.912 bits per heavy atom. The van der Waals surface area contributed by atoms with Crippen LogP contribution >= 0.6 is 48.0 Å². The van der Waals surface area contributed by atoms with E-state index >= 15 is 0 Å². The molecule has 0 aromatic heterocycles. The van der Waals surface area contributed by atoms with Gasteiger partial charge in [0.15, 0.2) is 8.64 Å². The number of nitrogens with zero attached hydrogens (tertiary/aromatic N) is 2. The van der Waals surface area contributed by atoms with Crippen molar-refractivity contribution in [3.8, 4) is 0 Å². The predicted octanol–water partition coefficient (Wildman–Crippen LogP) is 6.63. The van der Waals surface area contributed by atoms with E-state index in [4.69, 9.17) is 24.4 Å². The highest BCUT2D eigenvalue weighted by Crippen LogP contribution is 2.45. The quantitative estimate of drug-likeness (QED) is 0.221. The third-order valence-corrected chi connectivity index (χ3v) is 8.60. The van der Waals surface area contributed by atoms with Crippen molar-refractivity contribution in [3.05, 3.63) is 94.7 Å². The number of hydrogen-bond acceptors (Lipinski definition) is 6. The van der Waals surface area contributed by atoms with Gasteiger partial charge in [0.25, 0.3) is 11.8 Å². The lowest BCUT2D eigenvalue weighted by Gasteiger charge is -2.16. The lowest BCUT2D eigenvalue weighted by molar-refractivity contribution is -0.115. The molecule has 2 aliphatic rings. The summed E-state index contributed by atoms with van der Waals surface area (Å²) in [6, 6.07) is 27.4. The van der Waals surface area contributed by atoms with Gasteiger partial charge in [-0.2, -0.15) is 0 Å². The van der Waals surface area contributed by atoms with Gasteiger partial charge in [0.2, 0.25) is 0 Å². The van der Waals surface area contributed by atoms with Gasteiger partial charge in [0.05, 0.1) is 21.2 Å². The molecule has 0 N–H and O–H groups in total. The van der Waals surface area contributed by atoms with Crippen LogP contribution in [-0.4, -0.2) is 20.5 Å². The third-order valence-electron chi connectivity index (χ3n) is 5.73. The molecule has 0 spiro atoms. The van der Waals surface area contributed by atoms with Gasteiger partial charge in [0, 0.05) is 0 Å². The standard InChI is InChI=1S/C26H14N2O2S4/c29-23-21(33-25(31)27(23)19-11-9-15-5-1-3-7-17(15)13-19)22-24(30)28(26(32)34-22)20-12-10-16-6-2-4-8-18(16)14-20/h1-14H. The molecule has 8 heteroatoms. The van der Waals surface area contributed by atoms with Crippen LogP contribution < -0.4 is 9.80 Å². The van der Waals surface area contributed by atoms with Crippen LogP contribution in [0.3, 0.4) is 0 Å². The van der Waals surface area contributed by atoms with Gasteiger partial charge in [-0.15, -0.1) is 0 Å². The Kier molecular flexibility index (Phi) is 5.26. The maximum absolute atomic E-state index is 13.4. The highest BCUT2D eigenvalue weighted by Gasteiger charge is 2.43. The number of amides is 2. The summed E-state index contributed by atoms with van der Waals surface area (Å²) < 4.78 is 0.789. The Bertz CT molecular complexity index is 1490. The molecular formula is C26H14N2O2S4. The van der Waals surface area contributed by atoms with Crippen LogP contribution in [0.4, 0.5) is 11.4 Å². The Morgan fingerprint density at radius 3 is 1.32 bits per heavy atom. The molecule has 2 amide bonds. The molecule has 0 aliphatic carbocycles. The number of thiocarbonyl (C=S) groups is 2. The minimum Gasteiger partial charge on any atom is -0.268 e. The molecule has 4 nitrogen and oxygen atoms in total. The number of rotatable bonds is 2. The molecule has 2 fully saturated rings. The average Bonchev–Trinajstić information content (AvgIpc) is 3.31. The van der Waals surface area contributed by atoms with E-state index in [9.17, 15) is 9.59 Å². The fraction of sp³-hybridized carbons (Fsp3) is 0. The number of anilines is 2. The summed E-state index contributed by atoms with van der Waals surface area (Å²) >= 11 is 13.4. The van der Waals surface area contributed by atoms with Crippen LogP contribution in [0.25, 0.3) is 21.5 Å². The number of carbonyl (C=O) groups excluding carboxylic acids is 2. The maximum atomic E-state index is 13.4. The first-order valence-corrected chi connectivity index (χ1v) is 12.8. The maximum Gasteiger partial charge on any atom is 0.272 e. The minimum atomic E-state index is -0.302. The highest BCUT2D eigenvalue weighted by atomic mass is 32.2. The Labute approximate surface area is 214 Å². The normalized spacial score (nSPS) is 18.7. The number of benzene rings is 4. The molecule has 4 aromatic carbocycles. The molecule has 34 heavy (non-hydrogen) atoms. The predicted molar refractivity (Wildman–Crippen MR) is 150 cm³/mol. The molecule has 0 atom stereocenters. The van der Waals surface area contributed by atoms with Crippen molar-refractivity contribution in [1.82, 2.24) is 0 Å². The van der Waals surface area contributed by atoms with Gasteiger partial charge in [-0.3, -0.25) is 19.4 Å². The zero-order valence-electron chi connectivity index (χ0n) is 17.4. The van der Waals surface area contributed by atoms with Gasteiger partial charge >= 0.3 is 0 Å². The molecule has 2 saturated heterocycles. The second kappa shape index (κ2) is 8.32. The zero-order chi connectivity index (χ0) is 23.4. The Morgan fingerprint density at radius 1 is 0.529 bits per heavy atom. The van der Waals surface area contributed by atoms with Crippen molar-refractivity contribution in [3.63, 3.8) is 0 Å². The van der Waals surface area contributed by atoms with E-state index in [0.717, 1.165) is 45.1 Å². The third kappa shape index (κ3) is 3.45. The van der Waals surface area contributed by atoms with E-state index in [0.29, 0.717) is 29.8 Å². The SMILES string of the molecule is O=C1C(=C2SC(=S)N(c3ccc4ccccc4c3)C2=O)SC(=S)N1c1ccc2ccccc2c1. The van der Waals surface area contributed by atoms with Gasteiger partial charge in [-0.05, 0) is 45.8 Å². The van der Waals surface area contributed by atoms with Crippen molar-refractivity contribution in [2.45, 2.75) is 0 Å². The fourth-order valence-corrected chi connectivity index (χ4v) is 6.84. The fourth-order valence-electron chi connectivity index (χ4n) is 4.09. The van der Waals surface area contributed by atoms with Crippen molar-refractivity contribution in [2.24, 2.45) is 0 Å². The first-order chi connectivity index (χ1) is 16.5. The molecule has 0 saturated carbocycles. The Balaban J connectivity index is 1.36. The second-order valence-corrected chi connectivity index (χ2v) is 11.0. The summed E-state index contributed by atoms with van der Waals surface area (Å²) in [4.78, 5) is 30.5. The van der Waals surface area contributed by atoms with Gasteiger partial charge in [-0.25, -0.2) is 0 Å². The molecule has 2 aliphatic heterocycles. The van der Waals surface area contributed by atoms with Crippen LogP contribution in [-0.2, 0) is 9.59 Å². The second-order valence-electron chi connectivity index (χ2n) is 7.74. The van der Waals surface area contributed by atoms with Crippen molar-refractivity contribution >= 4 is 101 Å². The topological polar surface area (TPSA) is 40.6 Å². The lowest BCUT2D eigenvalue weighted by Crippen LogP contribution is -2.29. The van der Waals surface area contributed by atoms with Crippen molar-refractivity contribution in [1.29, 1.82) is 0 Å². The molecule has 2 heterocycles. The Hall–Kier alpha value is -3.04. The molecule has 0 bridgehead atoms. The first-order valence-electron chi connectivity index (χ1n) is 10.4. The van der Waals surface area contributed by atoms with Crippen LogP contribution in [0.5, 0.6) is 0 Å². The van der Waals surface area contributed by atoms with Crippen LogP contribution in [0.1, 0.15) is 0 Å². The van der Waals surface area contributed by atoms with E-state index in [1.165, 1.54) is 9.80 Å². The summed E-state index contributed by atoms with van der Waals surface area (Å²) in [7, 11) is 0. The number of hydrogen-bond donors (Lipinski definition) is 0. The first kappa shape index (κ1) is 21.5. The van der Waals surface area contributed by atoms with E-state index < -0.39 is 0 Å². The lowest BCUT2D eigenvalue weighted by atomic mass is 10.1. The monoisotopic (exact) mass is 514 g/mol.